The van der Waals surface area contributed by atoms with Gasteiger partial charge in [-0.05, 0) is 25.1 Å². The van der Waals surface area contributed by atoms with E-state index in [1.807, 2.05) is 6.92 Å². The minimum atomic E-state index is -0.413. The second kappa shape index (κ2) is 5.83. The number of amides is 2. The van der Waals surface area contributed by atoms with E-state index in [-0.39, 0.29) is 0 Å². The molecule has 2 N–H and O–H groups in total. The Balaban J connectivity index is 2.10. The highest BCUT2D eigenvalue weighted by Gasteiger charge is 2.10. The first-order valence-corrected chi connectivity index (χ1v) is 6.29. The first-order chi connectivity index (χ1) is 9.49. The number of nitrogens with zero attached hydrogens (tertiary/aromatic N) is 2. The predicted octanol–water partition coefficient (Wildman–Crippen LogP) is 3.03. The molecule has 2 aromatic rings. The number of carbonyl (C=O) groups excluding carboxylic acids is 1. The van der Waals surface area contributed by atoms with Crippen LogP contribution < -0.4 is 15.4 Å². The largest absolute Gasteiger partial charge is 0.495 e. The van der Waals surface area contributed by atoms with E-state index in [9.17, 15) is 4.79 Å². The smallest absolute Gasteiger partial charge is 0.325 e. The third-order valence-corrected chi connectivity index (χ3v) is 3.00. The normalized spacial score (nSPS) is 10.2. The van der Waals surface area contributed by atoms with Crippen molar-refractivity contribution in [2.24, 2.45) is 7.05 Å². The van der Waals surface area contributed by atoms with E-state index in [0.29, 0.717) is 22.3 Å². The van der Waals surface area contributed by atoms with Gasteiger partial charge in [-0.25, -0.2) is 4.79 Å². The molecule has 1 aromatic heterocycles. The number of benzene rings is 1. The van der Waals surface area contributed by atoms with Crippen molar-refractivity contribution in [3.05, 3.63) is 35.0 Å². The van der Waals surface area contributed by atoms with Gasteiger partial charge in [0.2, 0.25) is 0 Å². The summed E-state index contributed by atoms with van der Waals surface area (Å²) >= 11 is 5.90. The Morgan fingerprint density at radius 3 is 2.70 bits per heavy atom. The van der Waals surface area contributed by atoms with Crippen LogP contribution in [0.25, 0.3) is 0 Å². The van der Waals surface area contributed by atoms with E-state index in [1.165, 1.54) is 7.11 Å². The topological polar surface area (TPSA) is 68.2 Å². The van der Waals surface area contributed by atoms with Gasteiger partial charge in [0.15, 0.2) is 5.82 Å². The molecule has 0 bridgehead atoms. The number of rotatable bonds is 3. The van der Waals surface area contributed by atoms with E-state index in [0.717, 1.165) is 5.69 Å². The highest BCUT2D eigenvalue weighted by atomic mass is 35.5. The van der Waals surface area contributed by atoms with Crippen LogP contribution in [0.1, 0.15) is 5.69 Å². The molecule has 2 amide bonds. The zero-order chi connectivity index (χ0) is 14.7. The second-order valence-electron chi connectivity index (χ2n) is 4.22. The number of carbonyl (C=O) groups is 1. The van der Waals surface area contributed by atoms with Crippen molar-refractivity contribution < 1.29 is 9.53 Å². The van der Waals surface area contributed by atoms with Crippen LogP contribution in [0.2, 0.25) is 5.02 Å². The van der Waals surface area contributed by atoms with Crippen molar-refractivity contribution in [1.29, 1.82) is 0 Å². The van der Waals surface area contributed by atoms with Gasteiger partial charge in [0.1, 0.15) is 5.75 Å². The molecule has 106 valence electrons. The van der Waals surface area contributed by atoms with Crippen LogP contribution in [0.3, 0.4) is 0 Å². The monoisotopic (exact) mass is 294 g/mol. The molecule has 7 heteroatoms. The molecule has 0 radical (unpaired) electrons. The second-order valence-corrected chi connectivity index (χ2v) is 4.65. The van der Waals surface area contributed by atoms with Gasteiger partial charge in [-0.3, -0.25) is 10.00 Å². The number of ether oxygens (including phenoxy) is 1. The van der Waals surface area contributed by atoms with Crippen LogP contribution in [-0.4, -0.2) is 22.9 Å². The number of nitrogens with one attached hydrogen (secondary N) is 2. The molecule has 0 saturated carbocycles. The first-order valence-electron chi connectivity index (χ1n) is 5.92. The summed E-state index contributed by atoms with van der Waals surface area (Å²) in [5.41, 5.74) is 1.44. The summed E-state index contributed by atoms with van der Waals surface area (Å²) in [7, 11) is 3.33. The average Bonchev–Trinajstić information content (AvgIpc) is 2.68. The Morgan fingerprint density at radius 2 is 2.10 bits per heavy atom. The maximum Gasteiger partial charge on any atom is 0.325 e. The number of aryl methyl sites for hydroxylation is 2. The van der Waals surface area contributed by atoms with Crippen molar-refractivity contribution >= 4 is 29.1 Å². The maximum absolute atomic E-state index is 11.9. The third kappa shape index (κ3) is 3.21. The number of aromatic nitrogens is 2. The Labute approximate surface area is 121 Å². The molecule has 0 aliphatic rings. The molecule has 0 aliphatic carbocycles. The molecule has 0 unspecified atom stereocenters. The van der Waals surface area contributed by atoms with Gasteiger partial charge >= 0.3 is 6.03 Å². The standard InChI is InChI=1S/C13H15ClN4O2/c1-8-6-12(17-18(8)2)16-13(19)15-10-7-9(14)4-5-11(10)20-3/h4-7H,1-3H3,(H2,15,16,17,19). The van der Waals surface area contributed by atoms with Gasteiger partial charge in [-0.15, -0.1) is 0 Å². The highest BCUT2D eigenvalue weighted by Crippen LogP contribution is 2.27. The maximum atomic E-state index is 11.9. The van der Waals surface area contributed by atoms with Gasteiger partial charge in [0, 0.05) is 23.8 Å². The van der Waals surface area contributed by atoms with Crippen molar-refractivity contribution in [2.75, 3.05) is 17.7 Å². The fraction of sp³-hybridized carbons (Fsp3) is 0.231. The summed E-state index contributed by atoms with van der Waals surface area (Å²) in [6.07, 6.45) is 0. The number of methoxy groups -OCH3 is 1. The number of hydrogen-bond donors (Lipinski definition) is 2. The number of anilines is 2. The minimum Gasteiger partial charge on any atom is -0.495 e. The number of halogens is 1. The van der Waals surface area contributed by atoms with E-state index in [2.05, 4.69) is 15.7 Å². The van der Waals surface area contributed by atoms with Crippen molar-refractivity contribution in [1.82, 2.24) is 9.78 Å². The van der Waals surface area contributed by atoms with E-state index in [1.54, 1.807) is 36.0 Å². The summed E-state index contributed by atoms with van der Waals surface area (Å²) in [6.45, 7) is 1.90. The van der Waals surface area contributed by atoms with Crippen molar-refractivity contribution in [3.8, 4) is 5.75 Å². The first kappa shape index (κ1) is 14.2. The summed E-state index contributed by atoms with van der Waals surface area (Å²) in [5, 5.41) is 9.96. The number of urea groups is 1. The molecule has 0 fully saturated rings. The fourth-order valence-electron chi connectivity index (χ4n) is 1.67. The van der Waals surface area contributed by atoms with Crippen LogP contribution in [0, 0.1) is 6.92 Å². The Kier molecular flexibility index (Phi) is 4.14. The number of hydrogen-bond acceptors (Lipinski definition) is 3. The van der Waals surface area contributed by atoms with E-state index < -0.39 is 6.03 Å². The van der Waals surface area contributed by atoms with Gasteiger partial charge in [0.05, 0.1) is 12.8 Å². The molecule has 1 aromatic carbocycles. The zero-order valence-electron chi connectivity index (χ0n) is 11.4. The lowest BCUT2D eigenvalue weighted by Crippen LogP contribution is -2.20. The summed E-state index contributed by atoms with van der Waals surface area (Å²) < 4.78 is 6.83. The van der Waals surface area contributed by atoms with Crippen LogP contribution in [0.15, 0.2) is 24.3 Å². The molecule has 20 heavy (non-hydrogen) atoms. The Morgan fingerprint density at radius 1 is 1.35 bits per heavy atom. The zero-order valence-corrected chi connectivity index (χ0v) is 12.2. The molecule has 6 nitrogen and oxygen atoms in total. The highest BCUT2D eigenvalue weighted by molar-refractivity contribution is 6.31. The summed E-state index contributed by atoms with van der Waals surface area (Å²) in [5.74, 6) is 1.00. The molecule has 0 spiro atoms. The Bertz CT molecular complexity index is 620. The van der Waals surface area contributed by atoms with Crippen LogP contribution >= 0.6 is 11.6 Å². The molecule has 0 atom stereocenters. The van der Waals surface area contributed by atoms with Crippen LogP contribution in [0.5, 0.6) is 5.75 Å². The fourth-order valence-corrected chi connectivity index (χ4v) is 1.84. The van der Waals surface area contributed by atoms with Crippen LogP contribution in [-0.2, 0) is 7.05 Å². The van der Waals surface area contributed by atoms with Crippen LogP contribution in [0.4, 0.5) is 16.3 Å². The quantitative estimate of drug-likeness (QED) is 0.914. The molecule has 0 saturated heterocycles. The molecular formula is C13H15ClN4O2. The molecule has 2 rings (SSSR count). The molecular weight excluding hydrogens is 280 g/mol. The van der Waals surface area contributed by atoms with Crippen molar-refractivity contribution in [2.45, 2.75) is 6.92 Å². The van der Waals surface area contributed by atoms with E-state index >= 15 is 0 Å². The summed E-state index contributed by atoms with van der Waals surface area (Å²) in [4.78, 5) is 11.9. The average molecular weight is 295 g/mol. The van der Waals surface area contributed by atoms with Gasteiger partial charge in [-0.2, -0.15) is 5.10 Å². The van der Waals surface area contributed by atoms with E-state index in [4.69, 9.17) is 16.3 Å². The van der Waals surface area contributed by atoms with Gasteiger partial charge in [0.25, 0.3) is 0 Å². The lowest BCUT2D eigenvalue weighted by molar-refractivity contribution is 0.262. The lowest BCUT2D eigenvalue weighted by atomic mass is 10.3. The third-order valence-electron chi connectivity index (χ3n) is 2.77. The lowest BCUT2D eigenvalue weighted by Gasteiger charge is -2.10. The Hall–Kier alpha value is -2.21. The predicted molar refractivity (Wildman–Crippen MR) is 78.6 cm³/mol. The molecule has 1 heterocycles. The minimum absolute atomic E-state index is 0.413. The SMILES string of the molecule is COc1ccc(Cl)cc1NC(=O)Nc1cc(C)n(C)n1. The van der Waals surface area contributed by atoms with Crippen molar-refractivity contribution in [3.63, 3.8) is 0 Å². The van der Waals surface area contributed by atoms with Gasteiger partial charge in [-0.1, -0.05) is 11.6 Å². The summed E-state index contributed by atoms with van der Waals surface area (Å²) in [6, 6.07) is 6.34. The van der Waals surface area contributed by atoms with Gasteiger partial charge < -0.3 is 10.1 Å². The molecule has 0 aliphatic heterocycles.